The van der Waals surface area contributed by atoms with E-state index in [1.165, 1.54) is 0 Å². The number of fused-ring (bicyclic) bond motifs is 4. The molecule has 0 amide bonds. The predicted molar refractivity (Wildman–Crippen MR) is 349 cm³/mol. The fourth-order valence-corrected chi connectivity index (χ4v) is 12.2. The summed E-state index contributed by atoms with van der Waals surface area (Å²) in [4.78, 5) is 58.8. The van der Waals surface area contributed by atoms with Gasteiger partial charge in [0.05, 0.1) is 45.5 Å². The highest BCUT2D eigenvalue weighted by molar-refractivity contribution is 6.01. The molecule has 0 fully saturated rings. The number of aromatic nitrogens is 8. The summed E-state index contributed by atoms with van der Waals surface area (Å²) in [5, 5.41) is 0. The summed E-state index contributed by atoms with van der Waals surface area (Å²) in [7, 11) is 0. The third kappa shape index (κ3) is 8.29. The van der Waals surface area contributed by atoms with Gasteiger partial charge in [0.15, 0.2) is 23.3 Å². The minimum atomic E-state index is 0.683. The third-order valence-corrected chi connectivity index (χ3v) is 16.5. The Balaban J connectivity index is 0.867. The number of hydrogen-bond acceptors (Lipinski definition) is 16. The molecular weight excluding hydrogens is 1090 g/mol. The topological polar surface area (TPSA) is 129 Å². The average Bonchev–Trinajstić information content (AvgIpc) is 1.59. The lowest BCUT2D eigenvalue weighted by atomic mass is 10.1. The van der Waals surface area contributed by atoms with Crippen LogP contribution < -0.4 is 39.2 Å². The highest BCUT2D eigenvalue weighted by Gasteiger charge is 2.48. The molecule has 0 radical (unpaired) electrons. The molecule has 12 aromatic rings. The second kappa shape index (κ2) is 20.9. The smallest absolute Gasteiger partial charge is 0.168 e. The summed E-state index contributed by atoms with van der Waals surface area (Å²) in [5.74, 6) is 8.94. The first kappa shape index (κ1) is 51.6. The second-order valence-electron chi connectivity index (χ2n) is 21.7. The van der Waals surface area contributed by atoms with Crippen LogP contribution in [0.2, 0.25) is 0 Å². The molecule has 16 heteroatoms. The summed E-state index contributed by atoms with van der Waals surface area (Å²) in [6.45, 7) is 8.62. The van der Waals surface area contributed by atoms with E-state index in [1.807, 2.05) is 141 Å². The molecule has 88 heavy (non-hydrogen) atoms. The Morgan fingerprint density at radius 3 is 0.602 bits per heavy atom. The van der Waals surface area contributed by atoms with Crippen LogP contribution in [-0.2, 0) is 0 Å². The van der Waals surface area contributed by atoms with Gasteiger partial charge in [-0.05, 0) is 196 Å². The lowest BCUT2D eigenvalue weighted by Crippen LogP contribution is -2.34. The fourth-order valence-electron chi connectivity index (χ4n) is 12.2. The van der Waals surface area contributed by atoms with Crippen molar-refractivity contribution in [3.63, 3.8) is 0 Å². The Morgan fingerprint density at radius 1 is 0.205 bits per heavy atom. The van der Waals surface area contributed by atoms with Crippen molar-refractivity contribution in [2.45, 2.75) is 27.7 Å². The van der Waals surface area contributed by atoms with Gasteiger partial charge in [-0.2, -0.15) is 0 Å². The maximum absolute atomic E-state index is 5.44. The van der Waals surface area contributed by atoms with E-state index in [0.29, 0.717) is 11.6 Å². The zero-order chi connectivity index (χ0) is 59.0. The standard InChI is InChI=1S/C72H54N16/c1-47-41-57-58(42-48(47)2)86(65-29-13-19-39-77-65)71(85(57)64-28-12-18-38-76-64)72-87(66-30-14-20-40-78-66)59-43-49(3)50(4)44-60(59)88(72)68-34-32-52(46-80-68)51-31-33-67(79-45-51)84-56-24-8-7-23-55(56)83(63-27-11-17-37-75-63)70(84)69-81(61-25-9-15-35-73-61)53-21-5-6-22-54(53)82(69)62-26-10-16-36-74-62/h5-46H,1-4H3. The maximum atomic E-state index is 5.44. The molecule has 8 aromatic heterocycles. The van der Waals surface area contributed by atoms with Gasteiger partial charge in [0.25, 0.3) is 0 Å². The lowest BCUT2D eigenvalue weighted by molar-refractivity contribution is 0.963. The van der Waals surface area contributed by atoms with Crippen LogP contribution in [0.3, 0.4) is 0 Å². The summed E-state index contributed by atoms with van der Waals surface area (Å²) in [6, 6.07) is 70.2. The van der Waals surface area contributed by atoms with Gasteiger partial charge in [-0.1, -0.05) is 60.7 Å². The van der Waals surface area contributed by atoms with Crippen molar-refractivity contribution >= 4 is 92.0 Å². The van der Waals surface area contributed by atoms with E-state index in [1.54, 1.807) is 0 Å². The Hall–Kier alpha value is -12.0. The van der Waals surface area contributed by atoms with E-state index < -0.39 is 0 Å². The van der Waals surface area contributed by atoms with Crippen molar-refractivity contribution in [3.8, 4) is 11.1 Å². The van der Waals surface area contributed by atoms with Crippen LogP contribution in [0.15, 0.2) is 279 Å². The zero-order valence-corrected chi connectivity index (χ0v) is 48.4. The highest BCUT2D eigenvalue weighted by Crippen LogP contribution is 2.59. The molecule has 12 heterocycles. The van der Waals surface area contributed by atoms with Crippen molar-refractivity contribution < 1.29 is 0 Å². The molecular formula is C72H54N16. The first-order valence-electron chi connectivity index (χ1n) is 29.1. The van der Waals surface area contributed by atoms with Gasteiger partial charge in [0, 0.05) is 60.7 Å². The van der Waals surface area contributed by atoms with E-state index in [-0.39, 0.29) is 0 Å². The third-order valence-electron chi connectivity index (χ3n) is 16.5. The second-order valence-corrected chi connectivity index (χ2v) is 21.7. The number of hydrogen-bond donors (Lipinski definition) is 0. The van der Waals surface area contributed by atoms with Gasteiger partial charge in [-0.25, -0.2) is 39.9 Å². The fraction of sp³-hybridized carbons (Fsp3) is 0.0556. The minimum absolute atomic E-state index is 0.683. The van der Waals surface area contributed by atoms with Crippen LogP contribution in [0.4, 0.5) is 92.0 Å². The molecule has 0 unspecified atom stereocenters. The molecule has 0 bridgehead atoms. The van der Waals surface area contributed by atoms with Crippen LogP contribution >= 0.6 is 0 Å². The van der Waals surface area contributed by atoms with Crippen LogP contribution in [-0.4, -0.2) is 39.9 Å². The average molecular weight is 1140 g/mol. The largest absolute Gasteiger partial charge is 0.275 e. The van der Waals surface area contributed by atoms with Gasteiger partial charge >= 0.3 is 0 Å². The molecule has 0 N–H and O–H groups in total. The maximum Gasteiger partial charge on any atom is 0.168 e. The van der Waals surface area contributed by atoms with E-state index in [0.717, 1.165) is 137 Å². The highest BCUT2D eigenvalue weighted by atomic mass is 15.5. The number of aryl methyl sites for hydroxylation is 4. The Labute approximate surface area is 508 Å². The van der Waals surface area contributed by atoms with Crippen LogP contribution in [0.5, 0.6) is 0 Å². The van der Waals surface area contributed by atoms with Crippen LogP contribution in [0.25, 0.3) is 11.1 Å². The first-order chi connectivity index (χ1) is 43.4. The number of para-hydroxylation sites is 4. The molecule has 16 nitrogen and oxygen atoms in total. The summed E-state index contributed by atoms with van der Waals surface area (Å²) < 4.78 is 0. The lowest BCUT2D eigenvalue weighted by Gasteiger charge is -2.32. The van der Waals surface area contributed by atoms with Crippen molar-refractivity contribution in [1.29, 1.82) is 0 Å². The molecule has 0 atom stereocenters. The number of pyridine rings is 8. The van der Waals surface area contributed by atoms with Gasteiger partial charge in [0.2, 0.25) is 0 Å². The SMILES string of the molecule is Cc1cc2c(cc1C)N(c1ccccn1)C(=C1N(c3ccccn3)c3cc(C)c(C)cc3N1c1ccc(-c3ccc(N4C(=C5N(c6ccccn6)c6ccccc6N5c5ccccn5)N(c5ccccn5)c5ccccc54)nc3)cn1)N2c1ccccn1. The monoisotopic (exact) mass is 1140 g/mol. The predicted octanol–water partition coefficient (Wildman–Crippen LogP) is 16.6. The van der Waals surface area contributed by atoms with Gasteiger partial charge in [-0.3, -0.25) is 39.2 Å². The van der Waals surface area contributed by atoms with Crippen molar-refractivity contribution in [3.05, 3.63) is 301 Å². The number of nitrogens with zero attached hydrogens (tertiary/aromatic N) is 16. The normalized spacial score (nSPS) is 14.1. The Bertz CT molecular complexity index is 4550. The van der Waals surface area contributed by atoms with Gasteiger partial charge < -0.3 is 0 Å². The van der Waals surface area contributed by atoms with E-state index in [4.69, 9.17) is 39.9 Å². The molecule has 4 aliphatic heterocycles. The summed E-state index contributed by atoms with van der Waals surface area (Å²) in [6.07, 6.45) is 14.9. The Morgan fingerprint density at radius 2 is 0.409 bits per heavy atom. The molecule has 0 saturated carbocycles. The molecule has 0 saturated heterocycles. The van der Waals surface area contributed by atoms with Gasteiger partial charge in [-0.15, -0.1) is 0 Å². The quantitative estimate of drug-likeness (QED) is 0.136. The first-order valence-corrected chi connectivity index (χ1v) is 29.1. The molecule has 422 valence electrons. The number of rotatable bonds is 9. The van der Waals surface area contributed by atoms with Crippen molar-refractivity contribution in [2.24, 2.45) is 0 Å². The van der Waals surface area contributed by atoms with Gasteiger partial charge in [0.1, 0.15) is 46.5 Å². The van der Waals surface area contributed by atoms with Crippen LogP contribution in [0, 0.1) is 27.7 Å². The van der Waals surface area contributed by atoms with E-state index >= 15 is 0 Å². The van der Waals surface area contributed by atoms with Crippen molar-refractivity contribution in [2.75, 3.05) is 39.2 Å². The van der Waals surface area contributed by atoms with Crippen LogP contribution in [0.1, 0.15) is 22.3 Å². The summed E-state index contributed by atoms with van der Waals surface area (Å²) in [5.41, 5.74) is 13.9. The zero-order valence-electron chi connectivity index (χ0n) is 48.4. The van der Waals surface area contributed by atoms with E-state index in [9.17, 15) is 0 Å². The number of benzene rings is 4. The molecule has 4 aromatic carbocycles. The molecule has 0 spiro atoms. The minimum Gasteiger partial charge on any atom is -0.275 e. The van der Waals surface area contributed by atoms with Crippen molar-refractivity contribution in [1.82, 2.24) is 39.9 Å². The summed E-state index contributed by atoms with van der Waals surface area (Å²) >= 11 is 0. The molecule has 4 aliphatic rings. The van der Waals surface area contributed by atoms with E-state index in [2.05, 4.69) is 182 Å². The molecule has 0 aliphatic carbocycles. The Kier molecular flexibility index (Phi) is 12.3. The molecule has 16 rings (SSSR count). The number of anilines is 16.